The van der Waals surface area contributed by atoms with Crippen molar-refractivity contribution in [3.63, 3.8) is 0 Å². The normalized spacial score (nSPS) is 19.8. The molecule has 0 saturated carbocycles. The van der Waals surface area contributed by atoms with Crippen LogP contribution in [0.3, 0.4) is 0 Å². The predicted octanol–water partition coefficient (Wildman–Crippen LogP) is 4.18. The Kier molecular flexibility index (Phi) is 9.67. The third-order valence-electron chi connectivity index (χ3n) is 4.09. The number of likely N-dealkylation sites (N-methyl/N-ethyl adjacent to an activating group) is 1. The number of alkyl halides is 3. The zero-order valence-electron chi connectivity index (χ0n) is 15.6. The second kappa shape index (κ2) is 11.0. The van der Waals surface area contributed by atoms with E-state index in [2.05, 4.69) is 0 Å². The average Bonchev–Trinajstić information content (AvgIpc) is 3.05. The van der Waals surface area contributed by atoms with E-state index in [0.717, 1.165) is 5.56 Å². The van der Waals surface area contributed by atoms with Crippen molar-refractivity contribution in [2.24, 2.45) is 0 Å². The molecular formula is C18H25Cl3N2O4. The number of amides is 1. The Balaban J connectivity index is 0.00000176. The van der Waals surface area contributed by atoms with Gasteiger partial charge in [-0.25, -0.2) is 4.79 Å². The van der Waals surface area contributed by atoms with Crippen molar-refractivity contribution in [3.8, 4) is 0 Å². The minimum Gasteiger partial charge on any atom is -0.480 e. The number of carboxylic acids is 1. The topological polar surface area (TPSA) is 70.1 Å². The summed E-state index contributed by atoms with van der Waals surface area (Å²) < 4.78 is 3.27. The zero-order valence-corrected chi connectivity index (χ0v) is 17.8. The van der Waals surface area contributed by atoms with Crippen LogP contribution in [0.15, 0.2) is 30.3 Å². The third kappa shape index (κ3) is 7.74. The van der Waals surface area contributed by atoms with Crippen molar-refractivity contribution in [3.05, 3.63) is 35.9 Å². The Morgan fingerprint density at radius 2 is 1.85 bits per heavy atom. The van der Waals surface area contributed by atoms with Crippen molar-refractivity contribution in [2.45, 2.75) is 42.7 Å². The van der Waals surface area contributed by atoms with Crippen molar-refractivity contribution in [1.82, 2.24) is 9.80 Å². The van der Waals surface area contributed by atoms with Gasteiger partial charge in [0, 0.05) is 26.2 Å². The number of rotatable bonds is 5. The van der Waals surface area contributed by atoms with E-state index in [1.807, 2.05) is 49.1 Å². The van der Waals surface area contributed by atoms with Gasteiger partial charge in [-0.15, -0.1) is 0 Å². The van der Waals surface area contributed by atoms with Crippen molar-refractivity contribution in [2.75, 3.05) is 20.2 Å². The van der Waals surface area contributed by atoms with Crippen LogP contribution in [0.4, 0.5) is 4.79 Å². The van der Waals surface area contributed by atoms with Crippen LogP contribution in [-0.2, 0) is 16.1 Å². The molecule has 1 heterocycles. The number of carbonyl (C=O) groups excluding carboxylic acids is 1. The third-order valence-corrected chi connectivity index (χ3v) is 4.42. The Hall–Kier alpha value is -1.21. The monoisotopic (exact) mass is 438 g/mol. The van der Waals surface area contributed by atoms with E-state index < -0.39 is 21.9 Å². The molecule has 0 unspecified atom stereocenters. The molecule has 1 saturated heterocycles. The van der Waals surface area contributed by atoms with Crippen LogP contribution in [0.1, 0.15) is 25.8 Å². The van der Waals surface area contributed by atoms with Crippen LogP contribution in [0.5, 0.6) is 0 Å². The molecule has 1 N–H and O–H groups in total. The maximum absolute atomic E-state index is 12.1. The van der Waals surface area contributed by atoms with Gasteiger partial charge in [0.2, 0.25) is 3.79 Å². The lowest BCUT2D eigenvalue weighted by Crippen LogP contribution is -2.40. The fourth-order valence-electron chi connectivity index (χ4n) is 2.80. The van der Waals surface area contributed by atoms with Gasteiger partial charge in [0.15, 0.2) is 0 Å². The first-order valence-corrected chi connectivity index (χ1v) is 9.78. The number of halogens is 3. The van der Waals surface area contributed by atoms with E-state index in [1.54, 1.807) is 7.05 Å². The molecule has 0 aliphatic carbocycles. The summed E-state index contributed by atoms with van der Waals surface area (Å²) >= 11 is 16.7. The van der Waals surface area contributed by atoms with Crippen molar-refractivity contribution in [1.29, 1.82) is 0 Å². The minimum absolute atomic E-state index is 0.298. The first-order valence-electron chi connectivity index (χ1n) is 8.64. The summed E-state index contributed by atoms with van der Waals surface area (Å²) in [7, 11) is 1.55. The number of aliphatic carboxylic acids is 1. The molecule has 0 bridgehead atoms. The SMILES string of the molecule is CC.CN(C(=O)OCC(Cl)(Cl)Cl)[C@H]1C[C@@H](C(=O)O)N(Cc2ccccc2)C1. The number of carbonyl (C=O) groups is 2. The van der Waals surface area contributed by atoms with Gasteiger partial charge in [-0.3, -0.25) is 9.69 Å². The molecule has 1 amide bonds. The molecule has 2 atom stereocenters. The summed E-state index contributed by atoms with van der Waals surface area (Å²) in [5.41, 5.74) is 1.01. The minimum atomic E-state index is -1.69. The highest BCUT2D eigenvalue weighted by atomic mass is 35.6. The predicted molar refractivity (Wildman–Crippen MR) is 107 cm³/mol. The van der Waals surface area contributed by atoms with Gasteiger partial charge in [0.05, 0.1) is 0 Å². The molecule has 1 aliphatic heterocycles. The van der Waals surface area contributed by atoms with Crippen LogP contribution in [0.25, 0.3) is 0 Å². The smallest absolute Gasteiger partial charge is 0.409 e. The molecule has 1 aliphatic rings. The highest BCUT2D eigenvalue weighted by Crippen LogP contribution is 2.27. The molecule has 1 aromatic rings. The van der Waals surface area contributed by atoms with E-state index in [0.29, 0.717) is 19.5 Å². The van der Waals surface area contributed by atoms with Gasteiger partial charge in [-0.2, -0.15) is 0 Å². The van der Waals surface area contributed by atoms with E-state index in [1.165, 1.54) is 4.90 Å². The Bertz CT molecular complexity index is 610. The number of benzene rings is 1. The van der Waals surface area contributed by atoms with E-state index >= 15 is 0 Å². The Morgan fingerprint density at radius 3 is 2.37 bits per heavy atom. The molecule has 0 aromatic heterocycles. The quantitative estimate of drug-likeness (QED) is 0.697. The standard InChI is InChI=1S/C16H19Cl3N2O4.C2H6/c1-20(15(24)25-10-16(17,18)19)12-7-13(14(22)23)21(9-12)8-11-5-3-2-4-6-11;1-2/h2-6,12-13H,7-10H2,1H3,(H,22,23);1-2H3/t12-,13-;/m0./s1. The van der Waals surface area contributed by atoms with Crippen LogP contribution >= 0.6 is 34.8 Å². The molecule has 1 fully saturated rings. The highest BCUT2D eigenvalue weighted by Gasteiger charge is 2.40. The molecule has 6 nitrogen and oxygen atoms in total. The van der Waals surface area contributed by atoms with Crippen molar-refractivity contribution >= 4 is 46.9 Å². The lowest BCUT2D eigenvalue weighted by atomic mass is 10.1. The maximum atomic E-state index is 12.1. The molecule has 27 heavy (non-hydrogen) atoms. The molecule has 2 rings (SSSR count). The highest BCUT2D eigenvalue weighted by molar-refractivity contribution is 6.67. The number of carboxylic acid groups (broad SMARTS) is 1. The Labute approximate surface area is 174 Å². The summed E-state index contributed by atoms with van der Waals surface area (Å²) in [5, 5.41) is 9.48. The molecule has 9 heteroatoms. The van der Waals surface area contributed by atoms with Gasteiger partial charge < -0.3 is 14.7 Å². The van der Waals surface area contributed by atoms with Crippen LogP contribution in [-0.4, -0.2) is 63.0 Å². The molecule has 0 radical (unpaired) electrons. The first kappa shape index (κ1) is 23.8. The number of nitrogens with zero attached hydrogens (tertiary/aromatic N) is 2. The second-order valence-electron chi connectivity index (χ2n) is 5.94. The second-order valence-corrected chi connectivity index (χ2v) is 8.46. The van der Waals surface area contributed by atoms with Gasteiger partial charge in [0.25, 0.3) is 0 Å². The molecule has 152 valence electrons. The van der Waals surface area contributed by atoms with E-state index in [9.17, 15) is 14.7 Å². The summed E-state index contributed by atoms with van der Waals surface area (Å²) in [5.74, 6) is -0.915. The first-order chi connectivity index (χ1) is 12.7. The van der Waals surface area contributed by atoms with Gasteiger partial charge in [0.1, 0.15) is 12.6 Å². The molecular weight excluding hydrogens is 415 g/mol. The summed E-state index contributed by atoms with van der Waals surface area (Å²) in [6.07, 6.45) is -0.344. The maximum Gasteiger partial charge on any atom is 0.409 e. The number of hydrogen-bond acceptors (Lipinski definition) is 4. The lowest BCUT2D eigenvalue weighted by molar-refractivity contribution is -0.142. The van der Waals surface area contributed by atoms with Crippen LogP contribution in [0, 0.1) is 0 Å². The summed E-state index contributed by atoms with van der Waals surface area (Å²) in [4.78, 5) is 26.8. The van der Waals surface area contributed by atoms with Crippen LogP contribution < -0.4 is 0 Å². The molecule has 0 spiro atoms. The van der Waals surface area contributed by atoms with E-state index in [4.69, 9.17) is 39.5 Å². The summed E-state index contributed by atoms with van der Waals surface area (Å²) in [6.45, 7) is 4.54. The average molecular weight is 440 g/mol. The van der Waals surface area contributed by atoms with Crippen molar-refractivity contribution < 1.29 is 19.4 Å². The number of likely N-dealkylation sites (tertiary alicyclic amines) is 1. The number of hydrogen-bond donors (Lipinski definition) is 1. The van der Waals surface area contributed by atoms with Crippen LogP contribution in [0.2, 0.25) is 0 Å². The Morgan fingerprint density at radius 1 is 1.26 bits per heavy atom. The van der Waals surface area contributed by atoms with Gasteiger partial charge >= 0.3 is 12.1 Å². The zero-order chi connectivity index (χ0) is 20.6. The molecule has 1 aromatic carbocycles. The van der Waals surface area contributed by atoms with E-state index in [-0.39, 0.29) is 12.6 Å². The lowest BCUT2D eigenvalue weighted by Gasteiger charge is -2.25. The van der Waals surface area contributed by atoms with Gasteiger partial charge in [-0.05, 0) is 12.0 Å². The largest absolute Gasteiger partial charge is 0.480 e. The summed E-state index contributed by atoms with van der Waals surface area (Å²) in [6, 6.07) is 8.61. The van der Waals surface area contributed by atoms with Gasteiger partial charge in [-0.1, -0.05) is 79.0 Å². The fourth-order valence-corrected chi connectivity index (χ4v) is 2.97. The fraction of sp³-hybridized carbons (Fsp3) is 0.556. The number of ether oxygens (including phenoxy) is 1.